The third-order valence-electron chi connectivity index (χ3n) is 3.19. The predicted molar refractivity (Wildman–Crippen MR) is 65.3 cm³/mol. The van der Waals surface area contributed by atoms with Crippen molar-refractivity contribution in [3.63, 3.8) is 0 Å². The molecule has 2 rings (SSSR count). The van der Waals surface area contributed by atoms with Gasteiger partial charge in [-0.05, 0) is 44.0 Å². The third kappa shape index (κ3) is 2.45. The Morgan fingerprint density at radius 1 is 1.24 bits per heavy atom. The zero-order valence-corrected chi connectivity index (χ0v) is 10.7. The first kappa shape index (κ1) is 12.4. The Morgan fingerprint density at radius 3 is 2.47 bits per heavy atom. The minimum absolute atomic E-state index is 0.0579. The van der Waals surface area contributed by atoms with Crippen molar-refractivity contribution in [2.45, 2.75) is 37.1 Å². The molecule has 0 unspecified atom stereocenters. The van der Waals surface area contributed by atoms with Crippen molar-refractivity contribution >= 4 is 10.0 Å². The molecule has 1 heterocycles. The SMILES string of the molecule is C[C@H]1CCCCN1S(=O)(=O)c1ccc(O)cc1. The second-order valence-electron chi connectivity index (χ2n) is 4.45. The van der Waals surface area contributed by atoms with E-state index in [-0.39, 0.29) is 16.7 Å². The van der Waals surface area contributed by atoms with Crippen LogP contribution in [-0.4, -0.2) is 30.4 Å². The fourth-order valence-corrected chi connectivity index (χ4v) is 3.88. The molecular weight excluding hydrogens is 238 g/mol. The van der Waals surface area contributed by atoms with Crippen molar-refractivity contribution in [3.05, 3.63) is 24.3 Å². The summed E-state index contributed by atoms with van der Waals surface area (Å²) in [6, 6.07) is 5.77. The maximum Gasteiger partial charge on any atom is 0.243 e. The van der Waals surface area contributed by atoms with Crippen LogP contribution in [0.2, 0.25) is 0 Å². The molecule has 0 saturated carbocycles. The number of nitrogens with zero attached hydrogens (tertiary/aromatic N) is 1. The summed E-state index contributed by atoms with van der Waals surface area (Å²) < 4.78 is 26.3. The molecule has 0 bridgehead atoms. The summed E-state index contributed by atoms with van der Waals surface area (Å²) in [6.07, 6.45) is 2.92. The normalized spacial score (nSPS) is 22.5. The Balaban J connectivity index is 2.32. The van der Waals surface area contributed by atoms with Gasteiger partial charge in [-0.2, -0.15) is 4.31 Å². The molecule has 0 radical (unpaired) electrons. The Bertz CT molecular complexity index is 481. The van der Waals surface area contributed by atoms with Crippen LogP contribution in [0.4, 0.5) is 0 Å². The molecule has 1 aromatic carbocycles. The van der Waals surface area contributed by atoms with Gasteiger partial charge in [0.2, 0.25) is 10.0 Å². The van der Waals surface area contributed by atoms with Crippen LogP contribution >= 0.6 is 0 Å². The maximum absolute atomic E-state index is 12.4. The van der Waals surface area contributed by atoms with Crippen molar-refractivity contribution in [2.75, 3.05) is 6.54 Å². The highest BCUT2D eigenvalue weighted by atomic mass is 32.2. The first-order chi connectivity index (χ1) is 8.01. The maximum atomic E-state index is 12.4. The van der Waals surface area contributed by atoms with E-state index in [1.165, 1.54) is 24.3 Å². The molecule has 5 heteroatoms. The molecule has 0 aliphatic carbocycles. The van der Waals surface area contributed by atoms with E-state index in [0.717, 1.165) is 19.3 Å². The quantitative estimate of drug-likeness (QED) is 0.878. The Kier molecular flexibility index (Phi) is 3.40. The summed E-state index contributed by atoms with van der Waals surface area (Å²) in [6.45, 7) is 2.53. The van der Waals surface area contributed by atoms with Crippen molar-refractivity contribution in [1.82, 2.24) is 4.31 Å². The van der Waals surface area contributed by atoms with E-state index in [4.69, 9.17) is 0 Å². The zero-order chi connectivity index (χ0) is 12.5. The van der Waals surface area contributed by atoms with Crippen LogP contribution in [-0.2, 0) is 10.0 Å². The fraction of sp³-hybridized carbons (Fsp3) is 0.500. The summed E-state index contributed by atoms with van der Waals surface area (Å²) in [5.41, 5.74) is 0. The topological polar surface area (TPSA) is 57.6 Å². The number of piperidine rings is 1. The number of benzene rings is 1. The number of sulfonamides is 1. The first-order valence-corrected chi connectivity index (χ1v) is 7.27. The molecule has 4 nitrogen and oxygen atoms in total. The Labute approximate surface area is 102 Å². The number of hydrogen-bond acceptors (Lipinski definition) is 3. The van der Waals surface area contributed by atoms with E-state index in [2.05, 4.69) is 0 Å². The van der Waals surface area contributed by atoms with Gasteiger partial charge in [-0.25, -0.2) is 8.42 Å². The second kappa shape index (κ2) is 4.66. The molecule has 94 valence electrons. The lowest BCUT2D eigenvalue weighted by Gasteiger charge is -2.32. The molecule has 1 N–H and O–H groups in total. The predicted octanol–water partition coefficient (Wildman–Crippen LogP) is 1.96. The van der Waals surface area contributed by atoms with Gasteiger partial charge in [0, 0.05) is 12.6 Å². The van der Waals surface area contributed by atoms with Gasteiger partial charge in [-0.3, -0.25) is 0 Å². The standard InChI is InChI=1S/C12H17NO3S/c1-10-4-2-3-9-13(10)17(15,16)12-7-5-11(14)6-8-12/h5-8,10,14H,2-4,9H2,1H3/t10-/m0/s1. The Morgan fingerprint density at radius 2 is 1.88 bits per heavy atom. The number of aromatic hydroxyl groups is 1. The average molecular weight is 255 g/mol. The van der Waals surface area contributed by atoms with E-state index in [0.29, 0.717) is 6.54 Å². The number of phenolic OH excluding ortho intramolecular Hbond substituents is 1. The van der Waals surface area contributed by atoms with Gasteiger partial charge < -0.3 is 5.11 Å². The van der Waals surface area contributed by atoms with Gasteiger partial charge in [0.1, 0.15) is 5.75 Å². The fourth-order valence-electron chi connectivity index (χ4n) is 2.18. The van der Waals surface area contributed by atoms with E-state index in [1.54, 1.807) is 4.31 Å². The van der Waals surface area contributed by atoms with Crippen molar-refractivity contribution in [3.8, 4) is 5.75 Å². The van der Waals surface area contributed by atoms with Gasteiger partial charge in [0.15, 0.2) is 0 Å². The minimum atomic E-state index is -3.41. The number of rotatable bonds is 2. The third-order valence-corrected chi connectivity index (χ3v) is 5.21. The lowest BCUT2D eigenvalue weighted by molar-refractivity contribution is 0.268. The molecule has 1 aliphatic rings. The van der Waals surface area contributed by atoms with Gasteiger partial charge in [-0.15, -0.1) is 0 Å². The van der Waals surface area contributed by atoms with Crippen LogP contribution in [0.5, 0.6) is 5.75 Å². The monoisotopic (exact) mass is 255 g/mol. The molecule has 1 aliphatic heterocycles. The van der Waals surface area contributed by atoms with E-state index in [9.17, 15) is 13.5 Å². The molecule has 0 amide bonds. The van der Waals surface area contributed by atoms with Crippen molar-refractivity contribution in [1.29, 1.82) is 0 Å². The highest BCUT2D eigenvalue weighted by Gasteiger charge is 2.30. The molecule has 0 spiro atoms. The van der Waals surface area contributed by atoms with E-state index >= 15 is 0 Å². The molecular formula is C12H17NO3S. The van der Waals surface area contributed by atoms with Gasteiger partial charge in [0.25, 0.3) is 0 Å². The van der Waals surface area contributed by atoms with E-state index < -0.39 is 10.0 Å². The lowest BCUT2D eigenvalue weighted by Crippen LogP contribution is -2.41. The lowest BCUT2D eigenvalue weighted by atomic mass is 10.1. The number of hydrogen-bond donors (Lipinski definition) is 1. The van der Waals surface area contributed by atoms with Crippen LogP contribution < -0.4 is 0 Å². The highest BCUT2D eigenvalue weighted by molar-refractivity contribution is 7.89. The summed E-state index contributed by atoms with van der Waals surface area (Å²) in [5, 5.41) is 9.18. The first-order valence-electron chi connectivity index (χ1n) is 5.83. The molecule has 1 aromatic rings. The van der Waals surface area contributed by atoms with Crippen LogP contribution in [0, 0.1) is 0 Å². The van der Waals surface area contributed by atoms with Gasteiger partial charge in [0.05, 0.1) is 4.90 Å². The van der Waals surface area contributed by atoms with E-state index in [1.807, 2.05) is 6.92 Å². The molecule has 1 fully saturated rings. The summed E-state index contributed by atoms with van der Waals surface area (Å²) in [4.78, 5) is 0.254. The smallest absolute Gasteiger partial charge is 0.243 e. The molecule has 0 aromatic heterocycles. The molecule has 1 atom stereocenters. The van der Waals surface area contributed by atoms with Crippen molar-refractivity contribution < 1.29 is 13.5 Å². The molecule has 1 saturated heterocycles. The van der Waals surface area contributed by atoms with Crippen molar-refractivity contribution in [2.24, 2.45) is 0 Å². The summed E-state index contributed by atoms with van der Waals surface area (Å²) in [5.74, 6) is 0.0793. The van der Waals surface area contributed by atoms with Crippen LogP contribution in [0.3, 0.4) is 0 Å². The second-order valence-corrected chi connectivity index (χ2v) is 6.35. The van der Waals surface area contributed by atoms with Gasteiger partial charge in [-0.1, -0.05) is 6.42 Å². The van der Waals surface area contributed by atoms with Crippen LogP contribution in [0.15, 0.2) is 29.2 Å². The van der Waals surface area contributed by atoms with Gasteiger partial charge >= 0.3 is 0 Å². The highest BCUT2D eigenvalue weighted by Crippen LogP contribution is 2.25. The summed E-state index contributed by atoms with van der Waals surface area (Å²) in [7, 11) is -3.41. The average Bonchev–Trinajstić information content (AvgIpc) is 2.30. The largest absolute Gasteiger partial charge is 0.508 e. The molecule has 17 heavy (non-hydrogen) atoms. The Hall–Kier alpha value is -1.07. The number of phenols is 1. The zero-order valence-electron chi connectivity index (χ0n) is 9.83. The van der Waals surface area contributed by atoms with Crippen LogP contribution in [0.25, 0.3) is 0 Å². The minimum Gasteiger partial charge on any atom is -0.508 e. The van der Waals surface area contributed by atoms with Crippen LogP contribution in [0.1, 0.15) is 26.2 Å². The summed E-state index contributed by atoms with van der Waals surface area (Å²) >= 11 is 0.